The molecule has 1 N–H and O–H groups in total. The Bertz CT molecular complexity index is 441. The van der Waals surface area contributed by atoms with Gasteiger partial charge in [-0.3, -0.25) is 9.59 Å². The molecule has 0 aliphatic heterocycles. The van der Waals surface area contributed by atoms with Crippen LogP contribution < -0.4 is 0 Å². The standard InChI is InChI=1S/C13H17NO3S/c1-8(2)14(7-9-4-3-5-18-9)12(15)10-6-11(10)13(16)17/h3-5,8,10-11H,6-7H2,1-2H3,(H,16,17)/t10-,11+/m1/s1. The highest BCUT2D eigenvalue weighted by atomic mass is 32.1. The molecule has 0 saturated heterocycles. The van der Waals surface area contributed by atoms with E-state index in [2.05, 4.69) is 0 Å². The van der Waals surface area contributed by atoms with Crippen molar-refractivity contribution in [2.45, 2.75) is 32.9 Å². The number of carbonyl (C=O) groups excluding carboxylic acids is 1. The molecule has 18 heavy (non-hydrogen) atoms. The van der Waals surface area contributed by atoms with E-state index in [1.54, 1.807) is 16.2 Å². The number of carboxylic acid groups (broad SMARTS) is 1. The maximum Gasteiger partial charge on any atom is 0.307 e. The summed E-state index contributed by atoms with van der Waals surface area (Å²) in [6.07, 6.45) is 0.488. The Morgan fingerprint density at radius 2 is 2.22 bits per heavy atom. The van der Waals surface area contributed by atoms with Crippen LogP contribution in [0, 0.1) is 11.8 Å². The number of amides is 1. The molecule has 0 radical (unpaired) electrons. The van der Waals surface area contributed by atoms with Gasteiger partial charge in [0.2, 0.25) is 5.91 Å². The molecular formula is C13H17NO3S. The molecule has 1 fully saturated rings. The van der Waals surface area contributed by atoms with E-state index in [9.17, 15) is 9.59 Å². The van der Waals surface area contributed by atoms with Gasteiger partial charge in [-0.1, -0.05) is 6.07 Å². The minimum Gasteiger partial charge on any atom is -0.481 e. The van der Waals surface area contributed by atoms with Gasteiger partial charge in [0, 0.05) is 10.9 Å². The summed E-state index contributed by atoms with van der Waals surface area (Å²) in [5, 5.41) is 10.9. The Morgan fingerprint density at radius 3 is 2.67 bits per heavy atom. The Labute approximate surface area is 110 Å². The van der Waals surface area contributed by atoms with Crippen molar-refractivity contribution < 1.29 is 14.7 Å². The van der Waals surface area contributed by atoms with Gasteiger partial charge in [0.15, 0.2) is 0 Å². The second kappa shape index (κ2) is 5.10. The number of hydrogen-bond donors (Lipinski definition) is 1. The van der Waals surface area contributed by atoms with Gasteiger partial charge >= 0.3 is 5.97 Å². The van der Waals surface area contributed by atoms with E-state index >= 15 is 0 Å². The zero-order chi connectivity index (χ0) is 13.3. The maximum absolute atomic E-state index is 12.3. The van der Waals surface area contributed by atoms with Gasteiger partial charge in [-0.2, -0.15) is 0 Å². The lowest BCUT2D eigenvalue weighted by Gasteiger charge is -2.26. The predicted molar refractivity (Wildman–Crippen MR) is 69.2 cm³/mol. The van der Waals surface area contributed by atoms with Crippen LogP contribution in [0.5, 0.6) is 0 Å². The molecule has 98 valence electrons. The van der Waals surface area contributed by atoms with E-state index in [1.165, 1.54) is 0 Å². The van der Waals surface area contributed by atoms with Crippen molar-refractivity contribution in [1.29, 1.82) is 0 Å². The van der Waals surface area contributed by atoms with E-state index < -0.39 is 11.9 Å². The van der Waals surface area contributed by atoms with E-state index in [-0.39, 0.29) is 17.9 Å². The van der Waals surface area contributed by atoms with Gasteiger partial charge in [0.05, 0.1) is 18.4 Å². The Balaban J connectivity index is 2.02. The zero-order valence-corrected chi connectivity index (χ0v) is 11.3. The first kappa shape index (κ1) is 13.1. The van der Waals surface area contributed by atoms with Crippen LogP contribution >= 0.6 is 11.3 Å². The maximum atomic E-state index is 12.3. The van der Waals surface area contributed by atoms with Crippen molar-refractivity contribution in [3.8, 4) is 0 Å². The Kier molecular flexibility index (Phi) is 3.71. The van der Waals surface area contributed by atoms with Crippen molar-refractivity contribution in [2.75, 3.05) is 0 Å². The summed E-state index contributed by atoms with van der Waals surface area (Å²) in [6.45, 7) is 4.50. The molecule has 2 atom stereocenters. The quantitative estimate of drug-likeness (QED) is 0.889. The average Bonchev–Trinajstić information content (AvgIpc) is 2.95. The summed E-state index contributed by atoms with van der Waals surface area (Å²) in [5.41, 5.74) is 0. The van der Waals surface area contributed by atoms with Gasteiger partial charge in [-0.25, -0.2) is 0 Å². The number of nitrogens with zero attached hydrogens (tertiary/aromatic N) is 1. The molecule has 5 heteroatoms. The van der Waals surface area contributed by atoms with Crippen LogP contribution in [0.15, 0.2) is 17.5 Å². The largest absolute Gasteiger partial charge is 0.481 e. The molecule has 0 spiro atoms. The van der Waals surface area contributed by atoms with E-state index in [0.717, 1.165) is 4.88 Å². The highest BCUT2D eigenvalue weighted by Crippen LogP contribution is 2.40. The molecule has 1 amide bonds. The molecule has 1 aliphatic rings. The molecular weight excluding hydrogens is 250 g/mol. The number of rotatable bonds is 5. The fourth-order valence-electron chi connectivity index (χ4n) is 2.04. The molecule has 1 aromatic heterocycles. The third-order valence-corrected chi connectivity index (χ3v) is 4.10. The highest BCUT2D eigenvalue weighted by molar-refractivity contribution is 7.09. The topological polar surface area (TPSA) is 57.6 Å². The van der Waals surface area contributed by atoms with Crippen molar-refractivity contribution in [2.24, 2.45) is 11.8 Å². The lowest BCUT2D eigenvalue weighted by molar-refractivity contribution is -0.142. The monoisotopic (exact) mass is 267 g/mol. The molecule has 4 nitrogen and oxygen atoms in total. The molecule has 1 aromatic rings. The van der Waals surface area contributed by atoms with Gasteiger partial charge in [0.1, 0.15) is 0 Å². The van der Waals surface area contributed by atoms with Crippen LogP contribution in [0.25, 0.3) is 0 Å². The lowest BCUT2D eigenvalue weighted by Crippen LogP contribution is -2.37. The van der Waals surface area contributed by atoms with Crippen LogP contribution in [-0.4, -0.2) is 27.9 Å². The fourth-order valence-corrected chi connectivity index (χ4v) is 2.74. The number of carboxylic acids is 1. The van der Waals surface area contributed by atoms with Gasteiger partial charge in [0.25, 0.3) is 0 Å². The third kappa shape index (κ3) is 2.72. The molecule has 1 saturated carbocycles. The van der Waals surface area contributed by atoms with Crippen LogP contribution in [0.3, 0.4) is 0 Å². The average molecular weight is 267 g/mol. The third-order valence-electron chi connectivity index (χ3n) is 3.24. The summed E-state index contributed by atoms with van der Waals surface area (Å²) in [7, 11) is 0. The highest BCUT2D eigenvalue weighted by Gasteiger charge is 2.50. The fraction of sp³-hybridized carbons (Fsp3) is 0.538. The Hall–Kier alpha value is -1.36. The molecule has 1 aliphatic carbocycles. The van der Waals surface area contributed by atoms with Crippen LogP contribution in [0.1, 0.15) is 25.1 Å². The van der Waals surface area contributed by atoms with Crippen molar-refractivity contribution >= 4 is 23.2 Å². The van der Waals surface area contributed by atoms with Gasteiger partial charge < -0.3 is 10.0 Å². The first-order valence-corrected chi connectivity index (χ1v) is 6.94. The molecule has 0 aromatic carbocycles. The second-order valence-corrected chi connectivity index (χ2v) is 5.96. The van der Waals surface area contributed by atoms with Gasteiger partial charge in [-0.15, -0.1) is 11.3 Å². The van der Waals surface area contributed by atoms with Gasteiger partial charge in [-0.05, 0) is 31.7 Å². The number of aliphatic carboxylic acids is 1. The SMILES string of the molecule is CC(C)N(Cc1cccs1)C(=O)[C@@H]1C[C@@H]1C(=O)O. The van der Waals surface area contributed by atoms with Crippen molar-refractivity contribution in [3.63, 3.8) is 0 Å². The molecule has 0 bridgehead atoms. The predicted octanol–water partition coefficient (Wildman–Crippen LogP) is 2.21. The summed E-state index contributed by atoms with van der Waals surface area (Å²) in [6, 6.07) is 4.05. The van der Waals surface area contributed by atoms with Crippen LogP contribution in [0.2, 0.25) is 0 Å². The minimum absolute atomic E-state index is 0.0224. The summed E-state index contributed by atoms with van der Waals surface area (Å²) >= 11 is 1.62. The molecule has 1 heterocycles. The molecule has 0 unspecified atom stereocenters. The summed E-state index contributed by atoms with van der Waals surface area (Å²) in [4.78, 5) is 26.0. The lowest BCUT2D eigenvalue weighted by atomic mass is 10.2. The number of hydrogen-bond acceptors (Lipinski definition) is 3. The van der Waals surface area contributed by atoms with Crippen molar-refractivity contribution in [1.82, 2.24) is 4.90 Å². The normalized spacial score (nSPS) is 21.9. The van der Waals surface area contributed by atoms with Crippen molar-refractivity contribution in [3.05, 3.63) is 22.4 Å². The van der Waals surface area contributed by atoms with E-state index in [0.29, 0.717) is 13.0 Å². The minimum atomic E-state index is -0.854. The Morgan fingerprint density at radius 1 is 1.50 bits per heavy atom. The van der Waals surface area contributed by atoms with E-state index in [4.69, 9.17) is 5.11 Å². The zero-order valence-electron chi connectivity index (χ0n) is 10.5. The second-order valence-electron chi connectivity index (χ2n) is 4.93. The smallest absolute Gasteiger partial charge is 0.307 e. The first-order valence-electron chi connectivity index (χ1n) is 6.06. The van der Waals surface area contributed by atoms with Crippen LogP contribution in [-0.2, 0) is 16.1 Å². The van der Waals surface area contributed by atoms with E-state index in [1.807, 2.05) is 31.4 Å². The first-order chi connectivity index (χ1) is 8.50. The summed E-state index contributed by atoms with van der Waals surface area (Å²) in [5.74, 6) is -1.66. The number of thiophene rings is 1. The summed E-state index contributed by atoms with van der Waals surface area (Å²) < 4.78 is 0. The van der Waals surface area contributed by atoms with Crippen LogP contribution in [0.4, 0.5) is 0 Å². The number of carbonyl (C=O) groups is 2. The molecule has 2 rings (SSSR count).